The molecule has 0 saturated heterocycles. The third kappa shape index (κ3) is 4.81. The molecule has 0 radical (unpaired) electrons. The van der Waals surface area contributed by atoms with Crippen LogP contribution in [0.2, 0.25) is 0 Å². The summed E-state index contributed by atoms with van der Waals surface area (Å²) in [6.07, 6.45) is 3.66. The molecule has 4 heteroatoms. The molecule has 0 bridgehead atoms. The smallest absolute Gasteiger partial charge is 0.164 e. The van der Waals surface area contributed by atoms with Crippen LogP contribution in [0.4, 0.5) is 0 Å². The molecular weight excluding hydrogens is 548 g/mol. The molecular formula is C41H30N4. The van der Waals surface area contributed by atoms with Crippen molar-refractivity contribution in [2.45, 2.75) is 19.3 Å². The maximum absolute atomic E-state index is 5.06. The van der Waals surface area contributed by atoms with Crippen LogP contribution < -0.4 is 0 Å². The topological polar surface area (TPSA) is 51.6 Å². The fraction of sp³-hybridized carbons (Fsp3) is 0.0732. The Morgan fingerprint density at radius 2 is 0.889 bits per heavy atom. The van der Waals surface area contributed by atoms with Crippen molar-refractivity contribution in [1.82, 2.24) is 19.9 Å². The number of pyridine rings is 1. The van der Waals surface area contributed by atoms with Crippen LogP contribution in [0.25, 0.3) is 67.5 Å². The maximum Gasteiger partial charge on any atom is 0.164 e. The standard InChI is InChI=1S/C41H30N4/c1-41(2)36-13-7-6-12-34(36)35-23-22-32(25-37(35)41)40-44-38(30-18-14-28(15-19-30)27-9-4-3-5-10-27)43-39(45-40)31-20-16-29(17-21-31)33-11-8-24-42-26-33/h3-26H,1-2H3. The highest BCUT2D eigenvalue weighted by molar-refractivity contribution is 5.83. The van der Waals surface area contributed by atoms with Crippen molar-refractivity contribution in [2.75, 3.05) is 0 Å². The first-order chi connectivity index (χ1) is 22.0. The van der Waals surface area contributed by atoms with Crippen LogP contribution in [0.15, 0.2) is 146 Å². The minimum atomic E-state index is -0.115. The minimum Gasteiger partial charge on any atom is -0.264 e. The molecule has 0 spiro atoms. The van der Waals surface area contributed by atoms with Crippen molar-refractivity contribution in [3.05, 3.63) is 157 Å². The second-order valence-corrected chi connectivity index (χ2v) is 12.0. The first-order valence-electron chi connectivity index (χ1n) is 15.2. The summed E-state index contributed by atoms with van der Waals surface area (Å²) in [5.74, 6) is 1.95. The van der Waals surface area contributed by atoms with Crippen LogP contribution >= 0.6 is 0 Å². The van der Waals surface area contributed by atoms with E-state index in [1.807, 2.05) is 18.3 Å². The van der Waals surface area contributed by atoms with E-state index in [1.165, 1.54) is 27.8 Å². The third-order valence-electron chi connectivity index (χ3n) is 8.87. The number of rotatable bonds is 5. The van der Waals surface area contributed by atoms with Crippen LogP contribution in [0.3, 0.4) is 0 Å². The molecule has 8 rings (SSSR count). The molecule has 5 aromatic carbocycles. The molecule has 1 aliphatic carbocycles. The van der Waals surface area contributed by atoms with E-state index in [0.717, 1.165) is 33.4 Å². The Morgan fingerprint density at radius 3 is 1.53 bits per heavy atom. The minimum absolute atomic E-state index is 0.115. The van der Waals surface area contributed by atoms with Gasteiger partial charge in [-0.2, -0.15) is 0 Å². The average Bonchev–Trinajstić information content (AvgIpc) is 3.34. The van der Waals surface area contributed by atoms with Crippen molar-refractivity contribution < 1.29 is 0 Å². The lowest BCUT2D eigenvalue weighted by molar-refractivity contribution is 0.660. The zero-order valence-corrected chi connectivity index (χ0v) is 25.1. The van der Waals surface area contributed by atoms with Gasteiger partial charge in [0, 0.05) is 34.5 Å². The largest absolute Gasteiger partial charge is 0.264 e. The van der Waals surface area contributed by atoms with Crippen LogP contribution in [-0.2, 0) is 5.41 Å². The van der Waals surface area contributed by atoms with Gasteiger partial charge in [0.2, 0.25) is 0 Å². The molecule has 0 N–H and O–H groups in total. The van der Waals surface area contributed by atoms with Crippen LogP contribution in [0.1, 0.15) is 25.0 Å². The molecule has 4 nitrogen and oxygen atoms in total. The monoisotopic (exact) mass is 578 g/mol. The van der Waals surface area contributed by atoms with E-state index in [9.17, 15) is 0 Å². The maximum atomic E-state index is 5.06. The van der Waals surface area contributed by atoms with Crippen molar-refractivity contribution in [2.24, 2.45) is 0 Å². The summed E-state index contributed by atoms with van der Waals surface area (Å²) >= 11 is 0. The second kappa shape index (κ2) is 10.8. The van der Waals surface area contributed by atoms with Crippen molar-refractivity contribution in [3.8, 4) is 67.5 Å². The summed E-state index contributed by atoms with van der Waals surface area (Å²) in [4.78, 5) is 19.4. The molecule has 0 saturated carbocycles. The van der Waals surface area contributed by atoms with Gasteiger partial charge >= 0.3 is 0 Å². The number of fused-ring (bicyclic) bond motifs is 3. The van der Waals surface area contributed by atoms with E-state index < -0.39 is 0 Å². The predicted octanol–water partition coefficient (Wildman–Crippen LogP) is 9.91. The Labute approximate surface area is 263 Å². The number of hydrogen-bond donors (Lipinski definition) is 0. The highest BCUT2D eigenvalue weighted by Crippen LogP contribution is 2.49. The van der Waals surface area contributed by atoms with Gasteiger partial charge in [0.15, 0.2) is 17.5 Å². The predicted molar refractivity (Wildman–Crippen MR) is 182 cm³/mol. The molecule has 7 aromatic rings. The number of hydrogen-bond acceptors (Lipinski definition) is 4. The number of benzene rings is 5. The quantitative estimate of drug-likeness (QED) is 0.204. The molecule has 0 unspecified atom stereocenters. The summed E-state index contributed by atoms with van der Waals surface area (Å²) in [5, 5.41) is 0. The van der Waals surface area contributed by atoms with Gasteiger partial charge in [-0.1, -0.05) is 135 Å². The fourth-order valence-corrected chi connectivity index (χ4v) is 6.39. The lowest BCUT2D eigenvalue weighted by atomic mass is 9.82. The normalized spacial score (nSPS) is 12.8. The van der Waals surface area contributed by atoms with E-state index >= 15 is 0 Å². The zero-order chi connectivity index (χ0) is 30.4. The molecule has 0 atom stereocenters. The van der Waals surface area contributed by atoms with E-state index in [-0.39, 0.29) is 5.41 Å². The van der Waals surface area contributed by atoms with Crippen LogP contribution in [0.5, 0.6) is 0 Å². The van der Waals surface area contributed by atoms with Crippen molar-refractivity contribution in [1.29, 1.82) is 0 Å². The van der Waals surface area contributed by atoms with Gasteiger partial charge in [0.1, 0.15) is 0 Å². The number of nitrogens with zero attached hydrogens (tertiary/aromatic N) is 4. The van der Waals surface area contributed by atoms with Gasteiger partial charge in [0.05, 0.1) is 0 Å². The van der Waals surface area contributed by atoms with E-state index in [2.05, 4.69) is 140 Å². The summed E-state index contributed by atoms with van der Waals surface area (Å²) in [6, 6.07) is 46.5. The fourth-order valence-electron chi connectivity index (χ4n) is 6.39. The Hall–Kier alpha value is -5.74. The molecule has 1 aliphatic rings. The van der Waals surface area contributed by atoms with Crippen molar-refractivity contribution in [3.63, 3.8) is 0 Å². The van der Waals surface area contributed by atoms with E-state index in [1.54, 1.807) is 6.20 Å². The SMILES string of the molecule is CC1(C)c2ccccc2-c2ccc(-c3nc(-c4ccc(-c5ccccc5)cc4)nc(-c4ccc(-c5cccnc5)cc4)n3)cc21. The first kappa shape index (κ1) is 26.9. The Kier molecular flexibility index (Phi) is 6.42. The van der Waals surface area contributed by atoms with Gasteiger partial charge in [0.25, 0.3) is 0 Å². The van der Waals surface area contributed by atoms with Gasteiger partial charge in [-0.25, -0.2) is 15.0 Å². The van der Waals surface area contributed by atoms with E-state index in [0.29, 0.717) is 17.5 Å². The molecule has 0 fully saturated rings. The number of aromatic nitrogens is 4. The molecule has 45 heavy (non-hydrogen) atoms. The highest BCUT2D eigenvalue weighted by Gasteiger charge is 2.35. The lowest BCUT2D eigenvalue weighted by Crippen LogP contribution is -2.15. The Morgan fingerprint density at radius 1 is 0.400 bits per heavy atom. The summed E-state index contributed by atoms with van der Waals surface area (Å²) in [7, 11) is 0. The third-order valence-corrected chi connectivity index (χ3v) is 8.87. The summed E-state index contributed by atoms with van der Waals surface area (Å²) in [6.45, 7) is 4.59. The summed E-state index contributed by atoms with van der Waals surface area (Å²) < 4.78 is 0. The highest BCUT2D eigenvalue weighted by atomic mass is 15.0. The molecule has 0 aliphatic heterocycles. The zero-order valence-electron chi connectivity index (χ0n) is 25.1. The summed E-state index contributed by atoms with van der Waals surface area (Å²) in [5.41, 5.74) is 12.5. The van der Waals surface area contributed by atoms with Gasteiger partial charge in [-0.15, -0.1) is 0 Å². The van der Waals surface area contributed by atoms with Crippen molar-refractivity contribution >= 4 is 0 Å². The molecule has 214 valence electrons. The lowest BCUT2D eigenvalue weighted by Gasteiger charge is -2.21. The molecule has 2 heterocycles. The first-order valence-corrected chi connectivity index (χ1v) is 15.2. The molecule has 0 amide bonds. The Balaban J connectivity index is 1.24. The Bertz CT molecular complexity index is 2050. The van der Waals surface area contributed by atoms with Crippen LogP contribution in [0, 0.1) is 0 Å². The van der Waals surface area contributed by atoms with E-state index in [4.69, 9.17) is 15.0 Å². The molecule has 2 aromatic heterocycles. The van der Waals surface area contributed by atoms with Gasteiger partial charge in [-0.05, 0) is 56.6 Å². The van der Waals surface area contributed by atoms with Gasteiger partial charge < -0.3 is 0 Å². The average molecular weight is 579 g/mol. The van der Waals surface area contributed by atoms with Crippen LogP contribution in [-0.4, -0.2) is 19.9 Å². The van der Waals surface area contributed by atoms with Gasteiger partial charge in [-0.3, -0.25) is 4.98 Å². The second-order valence-electron chi connectivity index (χ2n) is 12.0.